The van der Waals surface area contributed by atoms with E-state index in [9.17, 15) is 14.4 Å². The highest BCUT2D eigenvalue weighted by Gasteiger charge is 2.44. The maximum Gasteiger partial charge on any atom is 0.257 e. The average molecular weight is 449 g/mol. The summed E-state index contributed by atoms with van der Waals surface area (Å²) in [6, 6.07) is 17.1. The molecule has 0 saturated carbocycles. The van der Waals surface area contributed by atoms with Crippen molar-refractivity contribution in [2.75, 3.05) is 11.5 Å². The minimum Gasteiger partial charge on any atom is -0.494 e. The first kappa shape index (κ1) is 21.8. The first-order valence-corrected chi connectivity index (χ1v) is 11.4. The van der Waals surface area contributed by atoms with Gasteiger partial charge in [0.05, 0.1) is 25.3 Å². The minimum absolute atomic E-state index is 0.0467. The van der Waals surface area contributed by atoms with E-state index in [-0.39, 0.29) is 24.8 Å². The van der Waals surface area contributed by atoms with E-state index in [1.165, 1.54) is 21.1 Å². The Labute approximate surface area is 191 Å². The van der Waals surface area contributed by atoms with Crippen LogP contribution in [0.1, 0.15) is 34.1 Å². The lowest BCUT2D eigenvalue weighted by molar-refractivity contribution is -0.122. The molecular formula is C25H24N2O4S. The fourth-order valence-corrected chi connectivity index (χ4v) is 4.53. The Morgan fingerprint density at radius 2 is 1.91 bits per heavy atom. The number of aryl methyl sites for hydroxylation is 1. The van der Waals surface area contributed by atoms with E-state index in [1.807, 2.05) is 43.5 Å². The van der Waals surface area contributed by atoms with Crippen LogP contribution in [0.25, 0.3) is 0 Å². The van der Waals surface area contributed by atoms with Gasteiger partial charge in [-0.3, -0.25) is 14.4 Å². The number of carbonyl (C=O) groups excluding carboxylic acids is 3. The van der Waals surface area contributed by atoms with Crippen LogP contribution < -0.4 is 9.64 Å². The molecule has 1 aliphatic rings. The smallest absolute Gasteiger partial charge is 0.257 e. The Morgan fingerprint density at radius 3 is 2.56 bits per heavy atom. The third-order valence-corrected chi connectivity index (χ3v) is 6.20. The minimum atomic E-state index is -0.857. The number of anilines is 1. The van der Waals surface area contributed by atoms with Gasteiger partial charge < -0.3 is 9.64 Å². The number of rotatable bonds is 7. The van der Waals surface area contributed by atoms with Gasteiger partial charge in [-0.1, -0.05) is 23.8 Å². The number of ether oxygens (including phenoxy) is 1. The molecule has 0 spiro atoms. The second kappa shape index (κ2) is 9.36. The highest BCUT2D eigenvalue weighted by Crippen LogP contribution is 2.29. The summed E-state index contributed by atoms with van der Waals surface area (Å²) in [5.74, 6) is -0.309. The molecule has 0 aliphatic carbocycles. The molecule has 4 rings (SSSR count). The molecule has 6 nitrogen and oxygen atoms in total. The molecule has 1 saturated heterocycles. The summed E-state index contributed by atoms with van der Waals surface area (Å²) in [6.07, 6.45) is -0.0467. The van der Waals surface area contributed by atoms with E-state index in [1.54, 1.807) is 36.4 Å². The van der Waals surface area contributed by atoms with Crippen molar-refractivity contribution in [3.05, 3.63) is 82.0 Å². The fourth-order valence-electron chi connectivity index (χ4n) is 3.83. The van der Waals surface area contributed by atoms with Crippen LogP contribution in [0, 0.1) is 6.92 Å². The molecule has 1 fully saturated rings. The van der Waals surface area contributed by atoms with Gasteiger partial charge in [0.25, 0.3) is 11.8 Å². The third kappa shape index (κ3) is 4.43. The Kier molecular flexibility index (Phi) is 6.37. The van der Waals surface area contributed by atoms with Crippen molar-refractivity contribution < 1.29 is 19.1 Å². The number of hydrogen-bond donors (Lipinski definition) is 0. The van der Waals surface area contributed by atoms with E-state index in [0.29, 0.717) is 23.6 Å². The SMILES string of the molecule is CCOc1ccc(N2C(=O)CC(N(Cc3cccs3)C(=O)c3cccc(C)c3)C2=O)cc1. The molecule has 3 amide bonds. The zero-order chi connectivity index (χ0) is 22.7. The molecule has 0 radical (unpaired) electrons. The highest BCUT2D eigenvalue weighted by atomic mass is 32.1. The van der Waals surface area contributed by atoms with Crippen LogP contribution in [0.3, 0.4) is 0 Å². The summed E-state index contributed by atoms with van der Waals surface area (Å²) in [5, 5.41) is 1.93. The van der Waals surface area contributed by atoms with Crippen molar-refractivity contribution in [3.8, 4) is 5.75 Å². The summed E-state index contributed by atoms with van der Waals surface area (Å²) in [5.41, 5.74) is 1.93. The number of benzene rings is 2. The monoisotopic (exact) mass is 448 g/mol. The Balaban J connectivity index is 1.64. The fraction of sp³-hybridized carbons (Fsp3) is 0.240. The lowest BCUT2D eigenvalue weighted by Gasteiger charge is -2.27. The van der Waals surface area contributed by atoms with E-state index < -0.39 is 11.9 Å². The van der Waals surface area contributed by atoms with E-state index in [0.717, 1.165) is 10.4 Å². The standard InChI is InChI=1S/C25H24N2O4S/c1-3-31-20-11-9-19(10-12-20)27-23(28)15-22(25(27)30)26(16-21-8-5-13-32-21)24(29)18-7-4-6-17(2)14-18/h4-14,22H,3,15-16H2,1-2H3. The maximum absolute atomic E-state index is 13.5. The number of thiophene rings is 1. The van der Waals surface area contributed by atoms with Crippen LogP contribution in [-0.2, 0) is 16.1 Å². The third-order valence-electron chi connectivity index (χ3n) is 5.34. The molecule has 1 unspecified atom stereocenters. The molecule has 1 aromatic heterocycles. The summed E-state index contributed by atoms with van der Waals surface area (Å²) < 4.78 is 5.45. The molecule has 2 aromatic carbocycles. The van der Waals surface area contributed by atoms with Crippen molar-refractivity contribution in [1.29, 1.82) is 0 Å². The summed E-state index contributed by atoms with van der Waals surface area (Å²) >= 11 is 1.51. The van der Waals surface area contributed by atoms with Gasteiger partial charge in [-0.05, 0) is 61.7 Å². The topological polar surface area (TPSA) is 66.9 Å². The Hall–Kier alpha value is -3.45. The summed E-state index contributed by atoms with van der Waals surface area (Å²) in [6.45, 7) is 4.60. The van der Waals surface area contributed by atoms with Crippen molar-refractivity contribution >= 4 is 34.7 Å². The molecule has 1 atom stereocenters. The van der Waals surface area contributed by atoms with Crippen LogP contribution in [0.2, 0.25) is 0 Å². The summed E-state index contributed by atoms with van der Waals surface area (Å²) in [4.78, 5) is 43.3. The van der Waals surface area contributed by atoms with Crippen molar-refractivity contribution in [1.82, 2.24) is 4.90 Å². The number of amides is 3. The second-order valence-corrected chi connectivity index (χ2v) is 8.63. The van der Waals surface area contributed by atoms with Crippen LogP contribution in [-0.4, -0.2) is 35.3 Å². The molecule has 0 bridgehead atoms. The first-order valence-electron chi connectivity index (χ1n) is 10.5. The lowest BCUT2D eigenvalue weighted by Crippen LogP contribution is -2.45. The quantitative estimate of drug-likeness (QED) is 0.502. The van der Waals surface area contributed by atoms with E-state index in [4.69, 9.17) is 4.74 Å². The molecule has 7 heteroatoms. The second-order valence-electron chi connectivity index (χ2n) is 7.60. The van der Waals surface area contributed by atoms with Gasteiger partial charge in [-0.25, -0.2) is 4.90 Å². The molecule has 3 aromatic rings. The van der Waals surface area contributed by atoms with Gasteiger partial charge in [0, 0.05) is 10.4 Å². The molecule has 2 heterocycles. The first-order chi connectivity index (χ1) is 15.5. The molecule has 0 N–H and O–H groups in total. The van der Waals surface area contributed by atoms with Gasteiger partial charge in [-0.2, -0.15) is 0 Å². The molecular weight excluding hydrogens is 424 g/mol. The lowest BCUT2D eigenvalue weighted by atomic mass is 10.1. The van der Waals surface area contributed by atoms with Crippen molar-refractivity contribution in [3.63, 3.8) is 0 Å². The van der Waals surface area contributed by atoms with Gasteiger partial charge >= 0.3 is 0 Å². The van der Waals surface area contributed by atoms with Gasteiger partial charge in [-0.15, -0.1) is 11.3 Å². The molecule has 1 aliphatic heterocycles. The highest BCUT2D eigenvalue weighted by molar-refractivity contribution is 7.09. The van der Waals surface area contributed by atoms with Crippen LogP contribution in [0.4, 0.5) is 5.69 Å². The Morgan fingerprint density at radius 1 is 1.12 bits per heavy atom. The van der Waals surface area contributed by atoms with E-state index >= 15 is 0 Å². The van der Waals surface area contributed by atoms with Gasteiger partial charge in [0.2, 0.25) is 5.91 Å². The van der Waals surface area contributed by atoms with Crippen molar-refractivity contribution in [2.45, 2.75) is 32.9 Å². The zero-order valence-electron chi connectivity index (χ0n) is 18.0. The number of hydrogen-bond acceptors (Lipinski definition) is 5. The van der Waals surface area contributed by atoms with Gasteiger partial charge in [0.15, 0.2) is 0 Å². The average Bonchev–Trinajstić information content (AvgIpc) is 3.40. The number of carbonyl (C=O) groups is 3. The van der Waals surface area contributed by atoms with Crippen LogP contribution in [0.15, 0.2) is 66.0 Å². The summed E-state index contributed by atoms with van der Waals surface area (Å²) in [7, 11) is 0. The van der Waals surface area contributed by atoms with Gasteiger partial charge in [0.1, 0.15) is 11.8 Å². The number of nitrogens with zero attached hydrogens (tertiary/aromatic N) is 2. The van der Waals surface area contributed by atoms with Crippen LogP contribution >= 0.6 is 11.3 Å². The molecule has 164 valence electrons. The maximum atomic E-state index is 13.5. The normalized spacial score (nSPS) is 15.8. The van der Waals surface area contributed by atoms with E-state index in [2.05, 4.69) is 0 Å². The predicted molar refractivity (Wildman–Crippen MR) is 124 cm³/mol. The van der Waals surface area contributed by atoms with Crippen LogP contribution in [0.5, 0.6) is 5.75 Å². The number of imide groups is 1. The zero-order valence-corrected chi connectivity index (χ0v) is 18.8. The van der Waals surface area contributed by atoms with Crippen molar-refractivity contribution in [2.24, 2.45) is 0 Å². The Bertz CT molecular complexity index is 1130. The predicted octanol–water partition coefficient (Wildman–Crippen LogP) is 4.43. The molecule has 32 heavy (non-hydrogen) atoms. The largest absolute Gasteiger partial charge is 0.494 e.